The van der Waals surface area contributed by atoms with Gasteiger partial charge in [0.15, 0.2) is 0 Å². The average molecular weight is 223 g/mol. The molecule has 1 rings (SSSR count). The predicted octanol–water partition coefficient (Wildman–Crippen LogP) is 1.64. The fourth-order valence-corrected chi connectivity index (χ4v) is 1.02. The second-order valence-electron chi connectivity index (χ2n) is 2.77. The zero-order valence-electron chi connectivity index (χ0n) is 7.06. The molecular formula is C6H14ClF3N2O. The highest BCUT2D eigenvalue weighted by Gasteiger charge is 2.52. The van der Waals surface area contributed by atoms with Crippen molar-refractivity contribution in [2.45, 2.75) is 24.6 Å². The van der Waals surface area contributed by atoms with E-state index in [1.165, 1.54) is 0 Å². The molecule has 1 aliphatic rings. The van der Waals surface area contributed by atoms with Crippen LogP contribution in [0.5, 0.6) is 0 Å². The first kappa shape index (κ1) is 15.4. The van der Waals surface area contributed by atoms with Crippen LogP contribution in [-0.4, -0.2) is 24.9 Å². The van der Waals surface area contributed by atoms with Gasteiger partial charge >= 0.3 is 6.18 Å². The molecule has 82 valence electrons. The lowest BCUT2D eigenvalue weighted by Gasteiger charge is -2.34. The van der Waals surface area contributed by atoms with Crippen molar-refractivity contribution in [2.75, 3.05) is 13.2 Å². The third-order valence-electron chi connectivity index (χ3n) is 1.95. The fourth-order valence-electron chi connectivity index (χ4n) is 1.02. The lowest BCUT2D eigenvalue weighted by Crippen LogP contribution is -2.56. The van der Waals surface area contributed by atoms with Gasteiger partial charge in [0.1, 0.15) is 5.54 Å². The molecule has 0 saturated carbocycles. The van der Waals surface area contributed by atoms with Crippen LogP contribution in [0.4, 0.5) is 13.2 Å². The molecule has 0 aromatic heterocycles. The minimum Gasteiger partial charge on any atom is -0.381 e. The lowest BCUT2D eigenvalue weighted by atomic mass is 9.91. The van der Waals surface area contributed by atoms with E-state index in [9.17, 15) is 13.2 Å². The quantitative estimate of drug-likeness (QED) is 0.655. The minimum absolute atomic E-state index is 0. The number of alkyl halides is 3. The molecule has 0 aromatic rings. The molecular weight excluding hydrogens is 209 g/mol. The lowest BCUT2D eigenvalue weighted by molar-refractivity contribution is -0.204. The Morgan fingerprint density at radius 3 is 1.77 bits per heavy atom. The molecule has 1 aliphatic heterocycles. The second-order valence-corrected chi connectivity index (χ2v) is 2.77. The molecule has 13 heavy (non-hydrogen) atoms. The van der Waals surface area contributed by atoms with E-state index in [1.807, 2.05) is 0 Å². The van der Waals surface area contributed by atoms with E-state index in [2.05, 4.69) is 0 Å². The standard InChI is InChI=1S/C6H10F3NO.ClH.H3N/c7-6(8,9)5(10)1-3-11-4-2-5;;/h1-4,10H2;1H;1H3. The van der Waals surface area contributed by atoms with Gasteiger partial charge in [-0.1, -0.05) is 0 Å². The third-order valence-corrected chi connectivity index (χ3v) is 1.95. The zero-order chi connectivity index (χ0) is 8.54. The molecule has 0 aromatic carbocycles. The second kappa shape index (κ2) is 4.99. The van der Waals surface area contributed by atoms with Gasteiger partial charge in [0, 0.05) is 13.2 Å². The Hall–Kier alpha value is -0.0400. The van der Waals surface area contributed by atoms with Crippen molar-refractivity contribution in [3.63, 3.8) is 0 Å². The molecule has 5 N–H and O–H groups in total. The maximum absolute atomic E-state index is 12.1. The predicted molar refractivity (Wildman–Crippen MR) is 45.3 cm³/mol. The molecule has 0 bridgehead atoms. The van der Waals surface area contributed by atoms with E-state index in [0.717, 1.165) is 0 Å². The van der Waals surface area contributed by atoms with E-state index >= 15 is 0 Å². The summed E-state index contributed by atoms with van der Waals surface area (Å²) in [7, 11) is 0. The first-order chi connectivity index (χ1) is 4.96. The highest BCUT2D eigenvalue weighted by Crippen LogP contribution is 2.35. The van der Waals surface area contributed by atoms with Crippen LogP contribution >= 0.6 is 12.4 Å². The normalized spacial score (nSPS) is 21.2. The molecule has 1 saturated heterocycles. The van der Waals surface area contributed by atoms with Crippen LogP contribution < -0.4 is 11.9 Å². The Morgan fingerprint density at radius 2 is 1.54 bits per heavy atom. The van der Waals surface area contributed by atoms with Gasteiger partial charge in [0.2, 0.25) is 0 Å². The van der Waals surface area contributed by atoms with Gasteiger partial charge in [-0.05, 0) is 12.8 Å². The highest BCUT2D eigenvalue weighted by atomic mass is 35.5. The SMILES string of the molecule is Cl.N.NC1(C(F)(F)F)CCOCC1. The van der Waals surface area contributed by atoms with Crippen LogP contribution in [0, 0.1) is 0 Å². The van der Waals surface area contributed by atoms with Gasteiger partial charge in [-0.15, -0.1) is 12.4 Å². The fraction of sp³-hybridized carbons (Fsp3) is 1.00. The summed E-state index contributed by atoms with van der Waals surface area (Å²) in [4.78, 5) is 0. The van der Waals surface area contributed by atoms with Crippen molar-refractivity contribution in [3.8, 4) is 0 Å². The zero-order valence-corrected chi connectivity index (χ0v) is 7.88. The molecule has 1 heterocycles. The van der Waals surface area contributed by atoms with Gasteiger partial charge < -0.3 is 16.6 Å². The van der Waals surface area contributed by atoms with Gasteiger partial charge in [-0.2, -0.15) is 13.2 Å². The number of hydrogen-bond donors (Lipinski definition) is 2. The number of hydrogen-bond acceptors (Lipinski definition) is 3. The van der Waals surface area contributed by atoms with Crippen LogP contribution in [0.2, 0.25) is 0 Å². The topological polar surface area (TPSA) is 70.2 Å². The van der Waals surface area contributed by atoms with Crippen molar-refractivity contribution < 1.29 is 17.9 Å². The summed E-state index contributed by atoms with van der Waals surface area (Å²) in [5.41, 5.74) is 3.12. The summed E-state index contributed by atoms with van der Waals surface area (Å²) in [6.45, 7) is 0.214. The summed E-state index contributed by atoms with van der Waals surface area (Å²) in [6, 6.07) is 0. The molecule has 3 nitrogen and oxygen atoms in total. The summed E-state index contributed by atoms with van der Waals surface area (Å²) >= 11 is 0. The summed E-state index contributed by atoms with van der Waals surface area (Å²) < 4.78 is 41.2. The number of rotatable bonds is 0. The minimum atomic E-state index is -4.29. The van der Waals surface area contributed by atoms with E-state index in [-0.39, 0.29) is 44.6 Å². The molecule has 0 amide bonds. The molecule has 0 atom stereocenters. The Balaban J connectivity index is 0. The van der Waals surface area contributed by atoms with Crippen molar-refractivity contribution in [1.82, 2.24) is 6.15 Å². The number of halogens is 4. The first-order valence-corrected chi connectivity index (χ1v) is 3.39. The molecule has 0 unspecified atom stereocenters. The van der Waals surface area contributed by atoms with Crippen LogP contribution in [0.15, 0.2) is 0 Å². The highest BCUT2D eigenvalue weighted by molar-refractivity contribution is 5.85. The van der Waals surface area contributed by atoms with E-state index < -0.39 is 11.7 Å². The average Bonchev–Trinajstić information content (AvgIpc) is 1.87. The van der Waals surface area contributed by atoms with Crippen LogP contribution in [0.1, 0.15) is 12.8 Å². The van der Waals surface area contributed by atoms with Gasteiger partial charge in [-0.25, -0.2) is 0 Å². The Morgan fingerprint density at radius 1 is 1.15 bits per heavy atom. The molecule has 1 fully saturated rings. The summed E-state index contributed by atoms with van der Waals surface area (Å²) in [5.74, 6) is 0. The third kappa shape index (κ3) is 3.30. The Bertz CT molecular complexity index is 147. The largest absolute Gasteiger partial charge is 0.406 e. The van der Waals surface area contributed by atoms with E-state index in [0.29, 0.717) is 0 Å². The van der Waals surface area contributed by atoms with E-state index in [4.69, 9.17) is 10.5 Å². The smallest absolute Gasteiger partial charge is 0.381 e. The maximum Gasteiger partial charge on any atom is 0.406 e. The van der Waals surface area contributed by atoms with Crippen molar-refractivity contribution >= 4 is 12.4 Å². The summed E-state index contributed by atoms with van der Waals surface area (Å²) in [6.07, 6.45) is -4.55. The van der Waals surface area contributed by atoms with Gasteiger partial charge in [0.05, 0.1) is 0 Å². The number of ether oxygens (including phenoxy) is 1. The molecule has 7 heteroatoms. The first-order valence-electron chi connectivity index (χ1n) is 3.39. The van der Waals surface area contributed by atoms with Crippen molar-refractivity contribution in [1.29, 1.82) is 0 Å². The van der Waals surface area contributed by atoms with E-state index in [1.54, 1.807) is 0 Å². The molecule has 0 spiro atoms. The number of nitrogens with two attached hydrogens (primary N) is 1. The maximum atomic E-state index is 12.1. The summed E-state index contributed by atoms with van der Waals surface area (Å²) in [5, 5.41) is 0. The van der Waals surface area contributed by atoms with Crippen LogP contribution in [0.25, 0.3) is 0 Å². The van der Waals surface area contributed by atoms with Crippen LogP contribution in [0.3, 0.4) is 0 Å². The van der Waals surface area contributed by atoms with Crippen molar-refractivity contribution in [3.05, 3.63) is 0 Å². The molecule has 0 aliphatic carbocycles. The van der Waals surface area contributed by atoms with Gasteiger partial charge in [-0.3, -0.25) is 0 Å². The Kier molecular flexibility index (Phi) is 5.93. The van der Waals surface area contributed by atoms with Crippen LogP contribution in [-0.2, 0) is 4.74 Å². The van der Waals surface area contributed by atoms with Gasteiger partial charge in [0.25, 0.3) is 0 Å². The van der Waals surface area contributed by atoms with Crippen molar-refractivity contribution in [2.24, 2.45) is 5.73 Å². The molecule has 0 radical (unpaired) electrons. The monoisotopic (exact) mass is 222 g/mol. The Labute approximate surface area is 80.8 Å².